The van der Waals surface area contributed by atoms with E-state index in [1.807, 2.05) is 4.57 Å². The highest BCUT2D eigenvalue weighted by atomic mass is 16.1. The maximum Gasteiger partial charge on any atom is 0.242 e. The van der Waals surface area contributed by atoms with E-state index in [0.717, 1.165) is 25.2 Å². The number of nitrogens with zero attached hydrogens (tertiary/aromatic N) is 3. The lowest BCUT2D eigenvalue weighted by Crippen LogP contribution is -2.16. The van der Waals surface area contributed by atoms with Crippen LogP contribution >= 0.6 is 0 Å². The Morgan fingerprint density at radius 2 is 2.62 bits per heavy atom. The average Bonchev–Trinajstić information content (AvgIpc) is 2.49. The van der Waals surface area contributed by atoms with E-state index in [4.69, 9.17) is 0 Å². The molecule has 1 aromatic heterocycles. The largest absolute Gasteiger partial charge is 0.313 e. The maximum absolute atomic E-state index is 10.1. The molecular weight excluding hydrogens is 166 g/mol. The minimum atomic E-state index is 0.636. The van der Waals surface area contributed by atoms with Crippen molar-refractivity contribution in [1.29, 1.82) is 0 Å². The summed E-state index contributed by atoms with van der Waals surface area (Å²) in [4.78, 5) is 17.9. The number of aromatic nitrogens is 2. The van der Waals surface area contributed by atoms with Gasteiger partial charge in [0.1, 0.15) is 5.82 Å². The van der Waals surface area contributed by atoms with Crippen molar-refractivity contribution in [1.82, 2.24) is 9.55 Å². The molecule has 0 saturated heterocycles. The molecule has 4 nitrogen and oxygen atoms in total. The second-order valence-corrected chi connectivity index (χ2v) is 3.49. The minimum Gasteiger partial charge on any atom is -0.313 e. The van der Waals surface area contributed by atoms with Gasteiger partial charge < -0.3 is 4.57 Å². The molecule has 0 N–H and O–H groups in total. The van der Waals surface area contributed by atoms with E-state index in [1.165, 1.54) is 0 Å². The lowest BCUT2D eigenvalue weighted by atomic mass is 10.0. The van der Waals surface area contributed by atoms with E-state index in [-0.39, 0.29) is 0 Å². The van der Waals surface area contributed by atoms with Gasteiger partial charge >= 0.3 is 0 Å². The van der Waals surface area contributed by atoms with Crippen molar-refractivity contribution in [3.05, 3.63) is 12.0 Å². The van der Waals surface area contributed by atoms with Crippen molar-refractivity contribution in [2.75, 3.05) is 0 Å². The van der Waals surface area contributed by atoms with Crippen LogP contribution in [0.2, 0.25) is 0 Å². The zero-order valence-electron chi connectivity index (χ0n) is 7.53. The summed E-state index contributed by atoms with van der Waals surface area (Å²) < 4.78 is 1.99. The van der Waals surface area contributed by atoms with Crippen LogP contribution in [0, 0.1) is 5.92 Å². The smallest absolute Gasteiger partial charge is 0.242 e. The van der Waals surface area contributed by atoms with E-state index < -0.39 is 0 Å². The van der Waals surface area contributed by atoms with E-state index in [1.54, 1.807) is 12.3 Å². The molecule has 0 bridgehead atoms. The highest BCUT2D eigenvalue weighted by molar-refractivity contribution is 5.44. The Hall–Kier alpha value is -1.41. The average molecular weight is 177 g/mol. The molecule has 0 saturated carbocycles. The van der Waals surface area contributed by atoms with Crippen LogP contribution < -0.4 is 0 Å². The van der Waals surface area contributed by atoms with Crippen molar-refractivity contribution >= 4 is 11.9 Å². The van der Waals surface area contributed by atoms with Gasteiger partial charge in [-0.2, -0.15) is 0 Å². The molecule has 13 heavy (non-hydrogen) atoms. The fourth-order valence-electron chi connectivity index (χ4n) is 1.71. The lowest BCUT2D eigenvalue weighted by molar-refractivity contribution is 0.411. The Labute approximate surface area is 76.3 Å². The summed E-state index contributed by atoms with van der Waals surface area (Å²) in [7, 11) is 0. The first kappa shape index (κ1) is 8.20. The monoisotopic (exact) mass is 177 g/mol. The van der Waals surface area contributed by atoms with Crippen molar-refractivity contribution in [3.8, 4) is 0 Å². The number of hydrogen-bond acceptors (Lipinski definition) is 3. The number of fused-ring (bicyclic) bond motifs is 1. The van der Waals surface area contributed by atoms with Crippen LogP contribution in [0.3, 0.4) is 0 Å². The number of imidazole rings is 1. The number of carbonyl (C=O) groups excluding carboxylic acids is 1. The lowest BCUT2D eigenvalue weighted by Gasteiger charge is -2.19. The Morgan fingerprint density at radius 1 is 1.77 bits per heavy atom. The van der Waals surface area contributed by atoms with Gasteiger partial charge in [-0.15, -0.1) is 4.99 Å². The third kappa shape index (κ3) is 1.40. The van der Waals surface area contributed by atoms with Crippen molar-refractivity contribution < 1.29 is 4.79 Å². The summed E-state index contributed by atoms with van der Waals surface area (Å²) in [6, 6.07) is 0. The first-order chi connectivity index (χ1) is 6.31. The molecule has 0 fully saturated rings. The molecule has 1 unspecified atom stereocenters. The molecule has 1 aromatic rings. The fraction of sp³-hybridized carbons (Fsp3) is 0.556. The van der Waals surface area contributed by atoms with Gasteiger partial charge in [-0.25, -0.2) is 9.78 Å². The Morgan fingerprint density at radius 3 is 3.38 bits per heavy atom. The third-order valence-electron chi connectivity index (χ3n) is 2.45. The molecule has 0 spiro atoms. The standard InChI is InChI=1S/C9H11N3O/c1-7-2-3-12-8(4-7)10-5-9(12)11-6-13/h5,7H,2-4H2,1H3. The second kappa shape index (κ2) is 3.15. The van der Waals surface area contributed by atoms with E-state index in [9.17, 15) is 4.79 Å². The SMILES string of the molecule is CC1CCn2c(N=C=O)cnc2C1. The van der Waals surface area contributed by atoms with Gasteiger partial charge in [0.05, 0.1) is 6.20 Å². The van der Waals surface area contributed by atoms with Crippen LogP contribution in [-0.2, 0) is 17.8 Å². The Bertz CT molecular complexity index is 363. The quantitative estimate of drug-likeness (QED) is 0.481. The normalized spacial score (nSPS) is 20.5. The first-order valence-electron chi connectivity index (χ1n) is 4.43. The molecule has 1 aliphatic heterocycles. The van der Waals surface area contributed by atoms with E-state index in [2.05, 4.69) is 16.9 Å². The summed E-state index contributed by atoms with van der Waals surface area (Å²) in [5.41, 5.74) is 0. The molecule has 2 rings (SSSR count). The zero-order valence-corrected chi connectivity index (χ0v) is 7.53. The minimum absolute atomic E-state index is 0.636. The number of aliphatic imine (C=N–C) groups is 1. The topological polar surface area (TPSA) is 47.2 Å². The van der Waals surface area contributed by atoms with Gasteiger partial charge in [-0.1, -0.05) is 6.92 Å². The van der Waals surface area contributed by atoms with Crippen LogP contribution in [0.15, 0.2) is 11.2 Å². The van der Waals surface area contributed by atoms with Crippen LogP contribution in [0.4, 0.5) is 5.82 Å². The van der Waals surface area contributed by atoms with Gasteiger partial charge in [0.25, 0.3) is 0 Å². The number of rotatable bonds is 1. The third-order valence-corrected chi connectivity index (χ3v) is 2.45. The predicted molar refractivity (Wildman–Crippen MR) is 47.5 cm³/mol. The Balaban J connectivity index is 2.38. The maximum atomic E-state index is 10.1. The first-order valence-corrected chi connectivity index (χ1v) is 4.43. The molecular formula is C9H11N3O. The van der Waals surface area contributed by atoms with Gasteiger partial charge in [-0.3, -0.25) is 0 Å². The number of hydrogen-bond donors (Lipinski definition) is 0. The van der Waals surface area contributed by atoms with E-state index >= 15 is 0 Å². The molecule has 0 radical (unpaired) electrons. The second-order valence-electron chi connectivity index (χ2n) is 3.49. The fourth-order valence-corrected chi connectivity index (χ4v) is 1.71. The summed E-state index contributed by atoms with van der Waals surface area (Å²) in [6.07, 6.45) is 5.29. The van der Waals surface area contributed by atoms with Gasteiger partial charge in [0, 0.05) is 13.0 Å². The molecule has 0 aromatic carbocycles. The molecule has 2 heterocycles. The molecule has 1 aliphatic rings. The van der Waals surface area contributed by atoms with Gasteiger partial charge in [0.2, 0.25) is 6.08 Å². The summed E-state index contributed by atoms with van der Waals surface area (Å²) in [5, 5.41) is 0. The van der Waals surface area contributed by atoms with E-state index in [0.29, 0.717) is 11.7 Å². The highest BCUT2D eigenvalue weighted by Gasteiger charge is 2.18. The number of isocyanates is 1. The highest BCUT2D eigenvalue weighted by Crippen LogP contribution is 2.24. The summed E-state index contributed by atoms with van der Waals surface area (Å²) >= 11 is 0. The molecule has 4 heteroatoms. The zero-order chi connectivity index (χ0) is 9.26. The van der Waals surface area contributed by atoms with Crippen LogP contribution in [0.1, 0.15) is 19.2 Å². The van der Waals surface area contributed by atoms with Crippen LogP contribution in [0.5, 0.6) is 0 Å². The molecule has 0 aliphatic carbocycles. The van der Waals surface area contributed by atoms with Crippen molar-refractivity contribution in [3.63, 3.8) is 0 Å². The van der Waals surface area contributed by atoms with Crippen molar-refractivity contribution in [2.45, 2.75) is 26.3 Å². The predicted octanol–water partition coefficient (Wildman–Crippen LogP) is 1.43. The molecule has 0 amide bonds. The summed E-state index contributed by atoms with van der Waals surface area (Å²) in [5.74, 6) is 2.35. The molecule has 68 valence electrons. The van der Waals surface area contributed by atoms with Gasteiger partial charge in [-0.05, 0) is 12.3 Å². The summed E-state index contributed by atoms with van der Waals surface area (Å²) in [6.45, 7) is 3.12. The van der Waals surface area contributed by atoms with Crippen LogP contribution in [0.25, 0.3) is 0 Å². The Kier molecular flexibility index (Phi) is 1.99. The van der Waals surface area contributed by atoms with Gasteiger partial charge in [0.15, 0.2) is 5.82 Å². The molecule has 1 atom stereocenters. The van der Waals surface area contributed by atoms with Crippen LogP contribution in [-0.4, -0.2) is 15.6 Å². The van der Waals surface area contributed by atoms with Crippen molar-refractivity contribution in [2.24, 2.45) is 10.9 Å².